The molecule has 0 atom stereocenters. The summed E-state index contributed by atoms with van der Waals surface area (Å²) in [6.07, 6.45) is 3.80. The molecule has 279 valence electrons. The van der Waals surface area contributed by atoms with Gasteiger partial charge in [0.2, 0.25) is 5.71 Å². The normalized spacial score (nSPS) is 12.0. The Labute approximate surface area is 347 Å². The average molecular weight is 986 g/mol. The van der Waals surface area contributed by atoms with Crippen LogP contribution in [0.2, 0.25) is 17.3 Å². The van der Waals surface area contributed by atoms with E-state index < -0.39 is 13.3 Å². The topological polar surface area (TPSA) is 56.7 Å². The molecule has 0 N–H and O–H groups in total. The summed E-state index contributed by atoms with van der Waals surface area (Å²) in [7, 11) is 0. The number of hydrogen-bond donors (Lipinski definition) is 0. The molecule has 0 unspecified atom stereocenters. The van der Waals surface area contributed by atoms with E-state index in [4.69, 9.17) is 9.40 Å². The monoisotopic (exact) mass is 987 g/mol. The summed E-state index contributed by atoms with van der Waals surface area (Å²) in [5, 5.41) is 4.59. The van der Waals surface area contributed by atoms with Gasteiger partial charge in [0.05, 0.1) is 22.4 Å². The quantitative estimate of drug-likeness (QED) is 0.130. The van der Waals surface area contributed by atoms with E-state index >= 15 is 0 Å². The predicted octanol–water partition coefficient (Wildman–Crippen LogP) is 12.5. The van der Waals surface area contributed by atoms with Crippen LogP contribution in [0.1, 0.15) is 26.3 Å². The Morgan fingerprint density at radius 2 is 1.50 bits per heavy atom. The largest absolute Gasteiger partial charge is 0 e. The van der Waals surface area contributed by atoms with Gasteiger partial charge in [-0.15, -0.1) is 29.5 Å². The van der Waals surface area contributed by atoms with Crippen molar-refractivity contribution < 1.29 is 24.5 Å². The van der Waals surface area contributed by atoms with E-state index in [1.54, 1.807) is 6.20 Å². The Bertz CT molecular complexity index is 3010. The summed E-state index contributed by atoms with van der Waals surface area (Å²) >= 11 is 0.132. The number of pyridine rings is 2. The van der Waals surface area contributed by atoms with Gasteiger partial charge in [-0.05, 0) is 53.4 Å². The van der Waals surface area contributed by atoms with E-state index in [1.807, 2.05) is 72.1 Å². The molecule has 0 bridgehead atoms. The van der Waals surface area contributed by atoms with E-state index in [9.17, 15) is 0 Å². The van der Waals surface area contributed by atoms with Crippen molar-refractivity contribution in [2.75, 3.05) is 0 Å². The zero-order valence-corrected chi connectivity index (χ0v) is 37.5. The number of benzene rings is 5. The van der Waals surface area contributed by atoms with Gasteiger partial charge in [-0.1, -0.05) is 62.1 Å². The SMILES string of the molecule is CC(C)(C)c1ccc2c(c1)sc1cc(-n3c(-c4[c-]ccc5c4oc4ncccc45)nc4ccccc43)ccc12.[CH3][Ge]([CH3])([CH3])[c]1ccc(-c2[c-]cccc2)nc1.[Ir]. The zero-order valence-electron chi connectivity index (χ0n) is 32.1. The second kappa shape index (κ2) is 14.9. The number of rotatable bonds is 4. The Hall–Kier alpha value is -4.92. The molecule has 0 saturated heterocycles. The molecule has 5 heterocycles. The van der Waals surface area contributed by atoms with Crippen molar-refractivity contribution in [2.24, 2.45) is 0 Å². The molecule has 56 heavy (non-hydrogen) atoms. The minimum absolute atomic E-state index is 0. The van der Waals surface area contributed by atoms with Crippen LogP contribution in [0.15, 0.2) is 138 Å². The number of aromatic nitrogens is 4. The summed E-state index contributed by atoms with van der Waals surface area (Å²) in [4.78, 5) is 14.1. The Balaban J connectivity index is 0.000000219. The molecule has 5 aromatic heterocycles. The second-order valence-electron chi connectivity index (χ2n) is 16.0. The minimum atomic E-state index is -1.72. The van der Waals surface area contributed by atoms with Crippen molar-refractivity contribution in [1.82, 2.24) is 19.5 Å². The molecule has 0 fully saturated rings. The smallest absolute Gasteiger partial charge is 0 e. The Morgan fingerprint density at radius 3 is 2.25 bits per heavy atom. The van der Waals surface area contributed by atoms with Gasteiger partial charge in [0, 0.05) is 57.5 Å². The third kappa shape index (κ3) is 7.03. The molecule has 1 radical (unpaired) electrons. The molecule has 0 saturated carbocycles. The van der Waals surface area contributed by atoms with Crippen LogP contribution in [-0.2, 0) is 25.5 Å². The number of hydrogen-bond acceptors (Lipinski definition) is 5. The van der Waals surface area contributed by atoms with Crippen molar-refractivity contribution in [3.05, 3.63) is 151 Å². The molecular weight excluding hydrogens is 945 g/mol. The summed E-state index contributed by atoms with van der Waals surface area (Å²) in [5.41, 5.74) is 8.78. The average Bonchev–Trinajstić information content (AvgIpc) is 3.88. The van der Waals surface area contributed by atoms with Crippen LogP contribution in [0.5, 0.6) is 0 Å². The van der Waals surface area contributed by atoms with Gasteiger partial charge in [0.15, 0.2) is 0 Å². The van der Waals surface area contributed by atoms with Crippen molar-refractivity contribution >= 4 is 82.3 Å². The van der Waals surface area contributed by atoms with Crippen molar-refractivity contribution in [3.8, 4) is 28.3 Å². The number of para-hydroxylation sites is 2. The summed E-state index contributed by atoms with van der Waals surface area (Å²) in [6, 6.07) is 48.8. The van der Waals surface area contributed by atoms with E-state index in [1.165, 1.54) is 30.1 Å². The maximum Gasteiger partial charge on any atom is 0 e. The Morgan fingerprint density at radius 1 is 0.714 bits per heavy atom. The fourth-order valence-corrected chi connectivity index (χ4v) is 10.5. The molecule has 0 spiro atoms. The fraction of sp³-hybridized carbons (Fsp3) is 0.146. The van der Waals surface area contributed by atoms with Crippen LogP contribution in [-0.4, -0.2) is 32.8 Å². The van der Waals surface area contributed by atoms with E-state index in [-0.39, 0.29) is 25.5 Å². The summed E-state index contributed by atoms with van der Waals surface area (Å²) < 4.78 is 12.5. The molecule has 5 aromatic carbocycles. The molecular formula is C48H40GeIrN4OS-2. The summed E-state index contributed by atoms with van der Waals surface area (Å²) in [5.74, 6) is 7.94. The van der Waals surface area contributed by atoms with Gasteiger partial charge in [0.25, 0.3) is 0 Å². The Kier molecular flexibility index (Phi) is 10.1. The zero-order chi connectivity index (χ0) is 37.9. The molecule has 10 rings (SSSR count). The van der Waals surface area contributed by atoms with Gasteiger partial charge in [0.1, 0.15) is 0 Å². The predicted molar refractivity (Wildman–Crippen MR) is 233 cm³/mol. The first-order valence-corrected chi connectivity index (χ1v) is 26.8. The molecule has 8 heteroatoms. The van der Waals surface area contributed by atoms with Crippen LogP contribution >= 0.6 is 11.3 Å². The molecule has 0 amide bonds. The number of nitrogens with zero attached hydrogens (tertiary/aromatic N) is 4. The van der Waals surface area contributed by atoms with Crippen molar-refractivity contribution in [1.29, 1.82) is 0 Å². The van der Waals surface area contributed by atoms with Gasteiger partial charge in [-0.25, -0.2) is 4.98 Å². The van der Waals surface area contributed by atoms with Crippen LogP contribution < -0.4 is 4.40 Å². The fourth-order valence-electron chi connectivity index (χ4n) is 7.12. The standard InChI is InChI=1S/C34H24N3OS.C14H16GeN.Ir/c1-34(2,3)20-13-15-22-23-16-14-21(19-30(23)39-29(22)18-20)37-28-12-5-4-11-27(28)36-32(37)26-9-6-8-24-25-10-7-17-35-33(25)38-31(24)26;1-15(2,3)13-9-10-14(16-11-13)12-7-5-4-6-8-12;/h4-8,10-19H,1-3H3;4-7,9-11H,1-3H3;/q2*-1;. The molecule has 0 aliphatic rings. The second-order valence-corrected chi connectivity index (χ2v) is 27.8. The number of fused-ring (bicyclic) bond motifs is 7. The van der Waals surface area contributed by atoms with Gasteiger partial charge in [-0.2, -0.15) is 0 Å². The van der Waals surface area contributed by atoms with Crippen LogP contribution in [0.25, 0.3) is 81.6 Å². The first-order chi connectivity index (χ1) is 26.5. The number of furan rings is 1. The van der Waals surface area contributed by atoms with E-state index in [2.05, 4.69) is 131 Å². The number of thiophene rings is 1. The van der Waals surface area contributed by atoms with E-state index in [0.717, 1.165) is 55.7 Å². The van der Waals surface area contributed by atoms with Gasteiger partial charge in [-0.3, -0.25) is 4.98 Å². The van der Waals surface area contributed by atoms with Crippen LogP contribution in [0.4, 0.5) is 0 Å². The first-order valence-electron chi connectivity index (χ1n) is 18.6. The van der Waals surface area contributed by atoms with Crippen LogP contribution in [0.3, 0.4) is 0 Å². The van der Waals surface area contributed by atoms with Crippen molar-refractivity contribution in [3.63, 3.8) is 0 Å². The third-order valence-electron chi connectivity index (χ3n) is 10.2. The van der Waals surface area contributed by atoms with E-state index in [0.29, 0.717) is 5.71 Å². The first kappa shape index (κ1) is 38.0. The maximum absolute atomic E-state index is 6.28. The van der Waals surface area contributed by atoms with Crippen molar-refractivity contribution in [2.45, 2.75) is 43.5 Å². The minimum Gasteiger partial charge on any atom is 0 e. The van der Waals surface area contributed by atoms with Gasteiger partial charge < -0.3 is 8.98 Å². The molecule has 0 aliphatic carbocycles. The molecule has 10 aromatic rings. The van der Waals surface area contributed by atoms with Gasteiger partial charge >= 0.3 is 99.8 Å². The van der Waals surface area contributed by atoms with Crippen LogP contribution in [0, 0.1) is 12.1 Å². The maximum atomic E-state index is 6.28. The summed E-state index contributed by atoms with van der Waals surface area (Å²) in [6.45, 7) is 6.79. The molecule has 5 nitrogen and oxygen atoms in total. The molecule has 0 aliphatic heterocycles. The number of imidazole rings is 1. The third-order valence-corrected chi connectivity index (χ3v) is 15.6.